The summed E-state index contributed by atoms with van der Waals surface area (Å²) in [4.78, 5) is 0. The summed E-state index contributed by atoms with van der Waals surface area (Å²) in [5, 5.41) is 8.98. The Balaban J connectivity index is 2.75. The van der Waals surface area contributed by atoms with E-state index in [1.165, 1.54) is 5.56 Å². The minimum atomic E-state index is -0.290. The van der Waals surface area contributed by atoms with Gasteiger partial charge >= 0.3 is 0 Å². The zero-order valence-electron chi connectivity index (χ0n) is 7.95. The third kappa shape index (κ3) is 2.78. The highest BCUT2D eigenvalue weighted by Crippen LogP contribution is 2.25. The molecule has 68 valence electrons. The van der Waals surface area contributed by atoms with Gasteiger partial charge in [-0.15, -0.1) is 11.8 Å². The van der Waals surface area contributed by atoms with Gasteiger partial charge < -0.3 is 0 Å². The van der Waals surface area contributed by atoms with Crippen LogP contribution in [0, 0.1) is 11.3 Å². The van der Waals surface area contributed by atoms with Gasteiger partial charge in [0, 0.05) is 0 Å². The van der Waals surface area contributed by atoms with E-state index in [-0.39, 0.29) is 4.75 Å². The van der Waals surface area contributed by atoms with Crippen LogP contribution < -0.4 is 0 Å². The maximum absolute atomic E-state index is 8.98. The minimum Gasteiger partial charge on any atom is -0.197 e. The van der Waals surface area contributed by atoms with Crippen LogP contribution >= 0.6 is 11.8 Å². The first kappa shape index (κ1) is 10.1. The molecule has 0 saturated heterocycles. The lowest BCUT2D eigenvalue weighted by molar-refractivity contribution is 0.799. The highest BCUT2D eigenvalue weighted by atomic mass is 32.2. The maximum Gasteiger partial charge on any atom is 0.103 e. The summed E-state index contributed by atoms with van der Waals surface area (Å²) in [7, 11) is 0. The van der Waals surface area contributed by atoms with E-state index in [1.54, 1.807) is 11.8 Å². The molecule has 0 aromatic heterocycles. The summed E-state index contributed by atoms with van der Waals surface area (Å²) in [6, 6.07) is 12.5. The number of nitriles is 1. The van der Waals surface area contributed by atoms with Crippen molar-refractivity contribution in [3.63, 3.8) is 0 Å². The molecule has 0 N–H and O–H groups in total. The molecule has 1 unspecified atom stereocenters. The first-order chi connectivity index (χ1) is 6.20. The van der Waals surface area contributed by atoms with E-state index in [2.05, 4.69) is 18.2 Å². The van der Waals surface area contributed by atoms with E-state index >= 15 is 0 Å². The largest absolute Gasteiger partial charge is 0.197 e. The highest BCUT2D eigenvalue weighted by molar-refractivity contribution is 8.00. The van der Waals surface area contributed by atoms with Crippen molar-refractivity contribution in [2.24, 2.45) is 0 Å². The predicted molar refractivity (Wildman–Crippen MR) is 57.7 cm³/mol. The average Bonchev–Trinajstić information content (AvgIpc) is 2.19. The first-order valence-corrected chi connectivity index (χ1v) is 5.43. The predicted octanol–water partition coefficient (Wildman–Crippen LogP) is 2.87. The van der Waals surface area contributed by atoms with Gasteiger partial charge in [0.1, 0.15) is 4.75 Å². The fraction of sp³-hybridized carbons (Fsp3) is 0.364. The molecule has 1 rings (SSSR count). The average molecular weight is 191 g/mol. The van der Waals surface area contributed by atoms with E-state index in [4.69, 9.17) is 5.26 Å². The zero-order chi connectivity index (χ0) is 9.73. The summed E-state index contributed by atoms with van der Waals surface area (Å²) in [6.07, 6.45) is 2.79. The molecule has 0 aliphatic rings. The van der Waals surface area contributed by atoms with Crippen LogP contribution in [0.5, 0.6) is 0 Å². The normalized spacial score (nSPS) is 14.5. The highest BCUT2D eigenvalue weighted by Gasteiger charge is 2.22. The van der Waals surface area contributed by atoms with Gasteiger partial charge in [-0.25, -0.2) is 0 Å². The second-order valence-electron chi connectivity index (χ2n) is 3.21. The maximum atomic E-state index is 8.98. The van der Waals surface area contributed by atoms with Crippen molar-refractivity contribution in [1.29, 1.82) is 5.26 Å². The molecule has 0 heterocycles. The smallest absolute Gasteiger partial charge is 0.103 e. The second kappa shape index (κ2) is 4.34. The van der Waals surface area contributed by atoms with Crippen LogP contribution in [-0.4, -0.2) is 11.0 Å². The second-order valence-corrected chi connectivity index (χ2v) is 4.52. The molecule has 0 fully saturated rings. The van der Waals surface area contributed by atoms with Gasteiger partial charge in [0.05, 0.1) is 6.07 Å². The van der Waals surface area contributed by atoms with Crippen molar-refractivity contribution >= 4 is 11.8 Å². The van der Waals surface area contributed by atoms with Crippen molar-refractivity contribution in [1.82, 2.24) is 0 Å². The molecule has 2 heteroatoms. The number of benzene rings is 1. The van der Waals surface area contributed by atoms with Crippen molar-refractivity contribution in [3.05, 3.63) is 35.9 Å². The van der Waals surface area contributed by atoms with Crippen LogP contribution in [0.3, 0.4) is 0 Å². The van der Waals surface area contributed by atoms with E-state index in [9.17, 15) is 0 Å². The molecular formula is C11H13NS. The van der Waals surface area contributed by atoms with Gasteiger partial charge in [0.2, 0.25) is 0 Å². The quantitative estimate of drug-likeness (QED) is 0.733. The minimum absolute atomic E-state index is 0.290. The number of hydrogen-bond acceptors (Lipinski definition) is 2. The van der Waals surface area contributed by atoms with Crippen molar-refractivity contribution in [3.8, 4) is 6.07 Å². The summed E-state index contributed by atoms with van der Waals surface area (Å²) in [6.45, 7) is 1.98. The fourth-order valence-corrected chi connectivity index (χ4v) is 1.55. The van der Waals surface area contributed by atoms with Gasteiger partial charge in [-0.05, 0) is 25.2 Å². The summed E-state index contributed by atoms with van der Waals surface area (Å²) in [5.41, 5.74) is 1.22. The van der Waals surface area contributed by atoms with Crippen LogP contribution in [0.1, 0.15) is 12.5 Å². The van der Waals surface area contributed by atoms with E-state index in [1.807, 2.05) is 31.4 Å². The SMILES string of the molecule is CSC(C)(C#N)Cc1ccccc1. The van der Waals surface area contributed by atoms with Gasteiger partial charge in [-0.1, -0.05) is 30.3 Å². The molecule has 0 aliphatic carbocycles. The van der Waals surface area contributed by atoms with Crippen LogP contribution in [-0.2, 0) is 6.42 Å². The van der Waals surface area contributed by atoms with Gasteiger partial charge in [0.25, 0.3) is 0 Å². The molecule has 1 aromatic carbocycles. The topological polar surface area (TPSA) is 23.8 Å². The van der Waals surface area contributed by atoms with Gasteiger partial charge in [-0.2, -0.15) is 5.26 Å². The molecule has 1 atom stereocenters. The first-order valence-electron chi connectivity index (χ1n) is 4.20. The summed E-state index contributed by atoms with van der Waals surface area (Å²) in [5.74, 6) is 0. The molecule has 13 heavy (non-hydrogen) atoms. The Morgan fingerprint density at radius 1 is 1.38 bits per heavy atom. The Morgan fingerprint density at radius 2 is 2.00 bits per heavy atom. The third-order valence-corrected chi connectivity index (χ3v) is 3.21. The summed E-state index contributed by atoms with van der Waals surface area (Å²) < 4.78 is -0.290. The molecule has 0 saturated carbocycles. The van der Waals surface area contributed by atoms with Gasteiger partial charge in [-0.3, -0.25) is 0 Å². The van der Waals surface area contributed by atoms with Crippen molar-refractivity contribution in [2.45, 2.75) is 18.1 Å². The van der Waals surface area contributed by atoms with Crippen LogP contribution in [0.4, 0.5) is 0 Å². The molecule has 1 aromatic rings. The fourth-order valence-electron chi connectivity index (χ4n) is 1.14. The monoisotopic (exact) mass is 191 g/mol. The van der Waals surface area contributed by atoms with E-state index in [0.29, 0.717) is 0 Å². The lowest BCUT2D eigenvalue weighted by atomic mass is 10.0. The van der Waals surface area contributed by atoms with Crippen LogP contribution in [0.15, 0.2) is 30.3 Å². The van der Waals surface area contributed by atoms with Crippen LogP contribution in [0.25, 0.3) is 0 Å². The lowest BCUT2D eigenvalue weighted by Crippen LogP contribution is -2.19. The van der Waals surface area contributed by atoms with Crippen molar-refractivity contribution < 1.29 is 0 Å². The molecule has 0 spiro atoms. The van der Waals surface area contributed by atoms with Crippen molar-refractivity contribution in [2.75, 3.05) is 6.26 Å². The number of rotatable bonds is 3. The van der Waals surface area contributed by atoms with Crippen LogP contribution in [0.2, 0.25) is 0 Å². The van der Waals surface area contributed by atoms with E-state index in [0.717, 1.165) is 6.42 Å². The lowest BCUT2D eigenvalue weighted by Gasteiger charge is -2.18. The summed E-state index contributed by atoms with van der Waals surface area (Å²) >= 11 is 1.61. The third-order valence-electron chi connectivity index (χ3n) is 2.07. The number of nitrogens with zero attached hydrogens (tertiary/aromatic N) is 1. The Labute approximate surface area is 83.8 Å². The standard InChI is InChI=1S/C11H13NS/c1-11(9-12,13-2)8-10-6-4-3-5-7-10/h3-7H,8H2,1-2H3. The van der Waals surface area contributed by atoms with E-state index < -0.39 is 0 Å². The number of hydrogen-bond donors (Lipinski definition) is 0. The zero-order valence-corrected chi connectivity index (χ0v) is 8.77. The Hall–Kier alpha value is -0.940. The Bertz CT molecular complexity index is 302. The Morgan fingerprint density at radius 3 is 2.46 bits per heavy atom. The van der Waals surface area contributed by atoms with Gasteiger partial charge in [0.15, 0.2) is 0 Å². The molecule has 0 radical (unpaired) electrons. The molecular weight excluding hydrogens is 178 g/mol. The molecule has 0 aliphatic heterocycles. The number of thioether (sulfide) groups is 1. The molecule has 1 nitrogen and oxygen atoms in total. The molecule has 0 amide bonds. The Kier molecular flexibility index (Phi) is 3.39. The molecule has 0 bridgehead atoms.